The van der Waals surface area contributed by atoms with Crippen LogP contribution in [0.1, 0.15) is 85.5 Å². The molecule has 0 aliphatic heterocycles. The number of rotatable bonds is 7. The van der Waals surface area contributed by atoms with Crippen molar-refractivity contribution in [1.82, 2.24) is 0 Å². The van der Waals surface area contributed by atoms with Gasteiger partial charge in [0.1, 0.15) is 22.3 Å². The summed E-state index contributed by atoms with van der Waals surface area (Å²) in [4.78, 5) is 50.0. The molecule has 0 aromatic carbocycles. The lowest BCUT2D eigenvalue weighted by Crippen LogP contribution is -2.65. The average molecular weight is 589 g/mol. The average Bonchev–Trinajstić information content (AvgIpc) is 3.20. The third-order valence-corrected chi connectivity index (χ3v) is 13.9. The largest absolute Gasteiger partial charge is 0.472 e. The van der Waals surface area contributed by atoms with Gasteiger partial charge in [-0.15, -0.1) is 0 Å². The minimum Gasteiger partial charge on any atom is -0.472 e. The van der Waals surface area contributed by atoms with E-state index in [1.807, 2.05) is 20.8 Å². The molecule has 4 saturated carbocycles. The summed E-state index contributed by atoms with van der Waals surface area (Å²) in [6, 6.07) is 0. The topological polar surface area (TPSA) is 132 Å². The number of hydrogen-bond donors (Lipinski definition) is 1. The second-order valence-electron chi connectivity index (χ2n) is 13.2. The van der Waals surface area contributed by atoms with E-state index in [2.05, 4.69) is 11.7 Å². The van der Waals surface area contributed by atoms with Crippen LogP contribution in [0.3, 0.4) is 0 Å². The summed E-state index contributed by atoms with van der Waals surface area (Å²) in [5.41, 5.74) is -1.69. The quantitative estimate of drug-likeness (QED) is 0.272. The normalized spacial score (nSPS) is 40.3. The zero-order chi connectivity index (χ0) is 29.3. The third-order valence-electron chi connectivity index (χ3n) is 11.5. The molecule has 0 spiro atoms. The monoisotopic (exact) mass is 588 g/mol. The molecule has 8 nitrogen and oxygen atoms in total. The molecular weight excluding hydrogens is 549 g/mol. The summed E-state index contributed by atoms with van der Waals surface area (Å²) in [5, 5.41) is -4.57. The first-order valence-corrected chi connectivity index (χ1v) is 16.5. The summed E-state index contributed by atoms with van der Waals surface area (Å²) in [6.07, 6.45) is 3.63. The van der Waals surface area contributed by atoms with Gasteiger partial charge < -0.3 is 4.74 Å². The van der Waals surface area contributed by atoms with Gasteiger partial charge in [0.2, 0.25) is 0 Å². The van der Waals surface area contributed by atoms with Gasteiger partial charge in [0.25, 0.3) is 16.3 Å². The number of carbonyl (C=O) groups excluding carboxylic acids is 4. The van der Waals surface area contributed by atoms with Crippen LogP contribution in [0.15, 0.2) is 0 Å². The van der Waals surface area contributed by atoms with Crippen LogP contribution < -0.4 is 0 Å². The van der Waals surface area contributed by atoms with E-state index in [-0.39, 0.29) is 71.6 Å². The van der Waals surface area contributed by atoms with Crippen LogP contribution in [0.2, 0.25) is 0 Å². The van der Waals surface area contributed by atoms with Crippen LogP contribution in [-0.4, -0.2) is 62.8 Å². The van der Waals surface area contributed by atoms with Crippen LogP contribution >= 0.6 is 0 Å². The van der Waals surface area contributed by atoms with Gasteiger partial charge in [-0.3, -0.25) is 23.7 Å². The van der Waals surface area contributed by atoms with E-state index in [0.29, 0.717) is 38.5 Å². The fraction of sp³-hybridized carbons (Fsp3) is 0.852. The summed E-state index contributed by atoms with van der Waals surface area (Å²) in [7, 11) is -5.71. The summed E-state index contributed by atoms with van der Waals surface area (Å²) < 4.78 is 62.9. The van der Waals surface area contributed by atoms with E-state index in [4.69, 9.17) is 4.55 Å². The minimum absolute atomic E-state index is 0.0257. The molecule has 4 rings (SSSR count). The molecule has 12 heteroatoms. The number of Topliss-reactive ketones (excluding diaryl/α,β-unsaturated/α-hetero) is 3. The molecule has 0 saturated heterocycles. The molecule has 0 aromatic rings. The van der Waals surface area contributed by atoms with Gasteiger partial charge >= 0.3 is 21.3 Å². The third kappa shape index (κ3) is 4.65. The molecule has 0 radical (unpaired) electrons. The van der Waals surface area contributed by atoms with Crippen molar-refractivity contribution in [3.8, 4) is 0 Å². The van der Waals surface area contributed by atoms with E-state index < -0.39 is 53.4 Å². The number of halogens is 2. The lowest BCUT2D eigenvalue weighted by Gasteiger charge is -2.63. The smallest absolute Gasteiger partial charge is 0.391 e. The van der Waals surface area contributed by atoms with Gasteiger partial charge in [-0.2, -0.15) is 17.2 Å². The highest BCUT2D eigenvalue weighted by Crippen LogP contribution is 2.71. The van der Waals surface area contributed by atoms with Crippen LogP contribution in [0.25, 0.3) is 0 Å². The standard InChI is InChI=1S/C27H37F2O8S.Al.2H/c1-15(5-8-23(33)37-14-27(28,29)38(34,35)36)18-6-7-19-25(18,3)22(32)13-20-24(2)10-9-17(30)11-16(24)12-21(31)26(19,20)4;;;/h14-16,18-20H,5-13H2,1-4H3,(H,34,35,36);;;/t15-,16?,18-,19-,20-,24+,25-,26+;;;/m1.../s1. The Bertz CT molecular complexity index is 1190. The van der Waals surface area contributed by atoms with E-state index in [9.17, 15) is 36.4 Å². The SMILES string of the molecule is C[C@H](CCC(=O)O[CH]([AlH2])C(F)(F)S(=O)(=O)O)[C@H]1CC[C@@H]2[C@]1(C)C(=O)C[C@H]1[C@@]2(C)C(=O)CC2CC(=O)CC[C@@]21C. The van der Waals surface area contributed by atoms with Gasteiger partial charge in [0.05, 0.1) is 0 Å². The molecule has 4 aliphatic rings. The van der Waals surface area contributed by atoms with Crippen molar-refractivity contribution in [3.05, 3.63) is 0 Å². The minimum atomic E-state index is -5.71. The Hall–Kier alpha value is -1.22. The van der Waals surface area contributed by atoms with E-state index in [0.717, 1.165) is 0 Å². The molecule has 0 heterocycles. The number of esters is 1. The van der Waals surface area contributed by atoms with Crippen molar-refractivity contribution in [2.45, 2.75) is 95.7 Å². The van der Waals surface area contributed by atoms with Crippen molar-refractivity contribution in [2.24, 2.45) is 45.8 Å². The number of carbonyl (C=O) groups is 4. The van der Waals surface area contributed by atoms with Crippen molar-refractivity contribution >= 4 is 49.7 Å². The Morgan fingerprint density at radius 2 is 1.69 bits per heavy atom. The van der Waals surface area contributed by atoms with Crippen molar-refractivity contribution in [3.63, 3.8) is 0 Å². The number of fused-ring (bicyclic) bond motifs is 5. The summed E-state index contributed by atoms with van der Waals surface area (Å²) in [5.74, 6) is -1.10. The summed E-state index contributed by atoms with van der Waals surface area (Å²) in [6.45, 7) is 8.04. The molecule has 2 unspecified atom stereocenters. The van der Waals surface area contributed by atoms with Crippen molar-refractivity contribution in [1.29, 1.82) is 0 Å². The maximum absolute atomic E-state index is 14.0. The molecule has 39 heavy (non-hydrogen) atoms. The zero-order valence-corrected chi connectivity index (χ0v) is 26.1. The van der Waals surface area contributed by atoms with Crippen molar-refractivity contribution in [2.75, 3.05) is 0 Å². The van der Waals surface area contributed by atoms with Crippen LogP contribution in [0, 0.1) is 45.8 Å². The first-order valence-electron chi connectivity index (χ1n) is 13.9. The number of ketones is 3. The second-order valence-corrected chi connectivity index (χ2v) is 15.8. The highest BCUT2D eigenvalue weighted by molar-refractivity contribution is 7.87. The Morgan fingerprint density at radius 3 is 2.31 bits per heavy atom. The maximum atomic E-state index is 14.0. The Kier molecular flexibility index (Phi) is 7.84. The first kappa shape index (κ1) is 30.7. The van der Waals surface area contributed by atoms with Crippen LogP contribution in [-0.2, 0) is 34.0 Å². The predicted octanol–water partition coefficient (Wildman–Crippen LogP) is 3.36. The van der Waals surface area contributed by atoms with Crippen LogP contribution in [0.5, 0.6) is 0 Å². The van der Waals surface area contributed by atoms with Crippen LogP contribution in [0.4, 0.5) is 8.78 Å². The first-order chi connectivity index (χ1) is 17.8. The number of hydrogen-bond acceptors (Lipinski definition) is 7. The van der Waals surface area contributed by atoms with Gasteiger partial charge in [-0.1, -0.05) is 27.7 Å². The molecule has 0 amide bonds. The fourth-order valence-corrected chi connectivity index (χ4v) is 10.7. The molecule has 0 aromatic heterocycles. The Morgan fingerprint density at radius 1 is 1.08 bits per heavy atom. The predicted molar refractivity (Wildman–Crippen MR) is 139 cm³/mol. The Labute approximate surface area is 236 Å². The number of ether oxygens (including phenoxy) is 1. The second kappa shape index (κ2) is 9.95. The summed E-state index contributed by atoms with van der Waals surface area (Å²) >= 11 is -0.502. The van der Waals surface area contributed by atoms with Gasteiger partial charge in [0.15, 0.2) is 0 Å². The lowest BCUT2D eigenvalue weighted by atomic mass is 9.38. The molecule has 4 fully saturated rings. The maximum Gasteiger partial charge on any atom is 0.391 e. The Balaban J connectivity index is 1.49. The van der Waals surface area contributed by atoms with E-state index >= 15 is 0 Å². The number of alkyl halides is 2. The highest BCUT2D eigenvalue weighted by Gasteiger charge is 2.71. The van der Waals surface area contributed by atoms with E-state index in [1.165, 1.54) is 0 Å². The molecular formula is C27H39AlF2O8S. The molecule has 0 bridgehead atoms. The van der Waals surface area contributed by atoms with Gasteiger partial charge in [0, 0.05) is 42.9 Å². The lowest BCUT2D eigenvalue weighted by molar-refractivity contribution is -0.185. The van der Waals surface area contributed by atoms with Gasteiger partial charge in [-0.25, -0.2) is 0 Å². The highest BCUT2D eigenvalue weighted by atomic mass is 32.2. The van der Waals surface area contributed by atoms with Crippen molar-refractivity contribution < 1.29 is 45.7 Å². The molecule has 4 aliphatic carbocycles. The van der Waals surface area contributed by atoms with Gasteiger partial charge in [-0.05, 0) is 60.7 Å². The molecule has 218 valence electrons. The fourth-order valence-electron chi connectivity index (χ4n) is 9.08. The van der Waals surface area contributed by atoms with E-state index in [1.54, 1.807) is 0 Å². The molecule has 1 N–H and O–H groups in total. The molecule has 9 atom stereocenters. The zero-order valence-electron chi connectivity index (χ0n) is 23.3.